The van der Waals surface area contributed by atoms with Crippen molar-refractivity contribution in [1.29, 1.82) is 0 Å². The van der Waals surface area contributed by atoms with Gasteiger partial charge in [-0.15, -0.1) is 10.2 Å². The summed E-state index contributed by atoms with van der Waals surface area (Å²) in [6.45, 7) is 0. The molecule has 1 amide bonds. The molecule has 0 saturated carbocycles. The van der Waals surface area contributed by atoms with E-state index in [4.69, 9.17) is 11.6 Å². The number of aromatic nitrogens is 2. The molecular formula is C17H10BrClFN3O2S. The standard InChI is InChI=1S/C17H10BrClFN3O2S/c18-12-7-9(1-6-14(12)24)8-13(19)16-22-23-17(26-16)15(25)21-11-4-2-10(20)3-5-11/h1-8,24H,(H,21,25)/b13-8+. The van der Waals surface area contributed by atoms with Gasteiger partial charge in [-0.2, -0.15) is 0 Å². The van der Waals surface area contributed by atoms with Gasteiger partial charge in [0.15, 0.2) is 5.01 Å². The lowest BCUT2D eigenvalue weighted by molar-refractivity contribution is 0.102. The molecular weight excluding hydrogens is 445 g/mol. The Labute approximate surface area is 165 Å². The zero-order valence-corrected chi connectivity index (χ0v) is 16.1. The number of phenolic OH excluding ortho intramolecular Hbond substituents is 1. The molecule has 0 atom stereocenters. The van der Waals surface area contributed by atoms with Gasteiger partial charge in [-0.1, -0.05) is 29.0 Å². The molecule has 132 valence electrons. The van der Waals surface area contributed by atoms with Crippen LogP contribution in [0.5, 0.6) is 5.75 Å². The van der Waals surface area contributed by atoms with Crippen LogP contribution in [0.3, 0.4) is 0 Å². The van der Waals surface area contributed by atoms with Gasteiger partial charge < -0.3 is 10.4 Å². The number of carbonyl (C=O) groups excluding carboxylic acids is 1. The van der Waals surface area contributed by atoms with Crippen LogP contribution in [0.25, 0.3) is 11.1 Å². The number of anilines is 1. The number of aromatic hydroxyl groups is 1. The van der Waals surface area contributed by atoms with Crippen molar-refractivity contribution in [1.82, 2.24) is 10.2 Å². The van der Waals surface area contributed by atoms with Crippen molar-refractivity contribution in [2.24, 2.45) is 0 Å². The molecule has 0 aliphatic rings. The van der Waals surface area contributed by atoms with Gasteiger partial charge in [0.1, 0.15) is 11.6 Å². The van der Waals surface area contributed by atoms with E-state index in [0.717, 1.165) is 16.9 Å². The number of benzene rings is 2. The van der Waals surface area contributed by atoms with Crippen molar-refractivity contribution < 1.29 is 14.3 Å². The lowest BCUT2D eigenvalue weighted by atomic mass is 10.2. The fourth-order valence-corrected chi connectivity index (χ4v) is 3.27. The molecule has 9 heteroatoms. The van der Waals surface area contributed by atoms with Crippen molar-refractivity contribution in [3.8, 4) is 5.75 Å². The van der Waals surface area contributed by atoms with Gasteiger partial charge in [-0.3, -0.25) is 4.79 Å². The Morgan fingerprint density at radius 3 is 2.58 bits per heavy atom. The second-order valence-electron chi connectivity index (χ2n) is 5.08. The Morgan fingerprint density at radius 1 is 1.19 bits per heavy atom. The van der Waals surface area contributed by atoms with Crippen LogP contribution >= 0.6 is 38.9 Å². The number of phenols is 1. The minimum Gasteiger partial charge on any atom is -0.507 e. The van der Waals surface area contributed by atoms with E-state index in [2.05, 4.69) is 31.4 Å². The average molecular weight is 455 g/mol. The van der Waals surface area contributed by atoms with E-state index >= 15 is 0 Å². The zero-order chi connectivity index (χ0) is 18.7. The predicted molar refractivity (Wildman–Crippen MR) is 104 cm³/mol. The number of halogens is 3. The summed E-state index contributed by atoms with van der Waals surface area (Å²) in [5.41, 5.74) is 1.19. The summed E-state index contributed by atoms with van der Waals surface area (Å²) in [6, 6.07) is 10.3. The molecule has 0 fully saturated rings. The molecule has 1 aromatic heterocycles. The lowest BCUT2D eigenvalue weighted by Gasteiger charge is -2.01. The highest BCUT2D eigenvalue weighted by molar-refractivity contribution is 9.10. The summed E-state index contributed by atoms with van der Waals surface area (Å²) < 4.78 is 13.4. The largest absolute Gasteiger partial charge is 0.507 e. The van der Waals surface area contributed by atoms with Crippen LogP contribution in [-0.2, 0) is 0 Å². The number of hydrogen-bond acceptors (Lipinski definition) is 5. The summed E-state index contributed by atoms with van der Waals surface area (Å²) in [7, 11) is 0. The van der Waals surface area contributed by atoms with E-state index in [1.54, 1.807) is 18.2 Å². The average Bonchev–Trinajstić information content (AvgIpc) is 3.10. The molecule has 5 nitrogen and oxygen atoms in total. The summed E-state index contributed by atoms with van der Waals surface area (Å²) in [6.07, 6.45) is 1.65. The smallest absolute Gasteiger partial charge is 0.286 e. The van der Waals surface area contributed by atoms with E-state index in [1.807, 2.05) is 0 Å². The first-order valence-corrected chi connectivity index (χ1v) is 9.17. The minimum absolute atomic E-state index is 0.119. The zero-order valence-electron chi connectivity index (χ0n) is 12.9. The minimum atomic E-state index is -0.461. The molecule has 1 heterocycles. The molecule has 3 aromatic rings. The maximum absolute atomic E-state index is 12.9. The predicted octanol–water partition coefficient (Wildman–Crippen LogP) is 5.13. The van der Waals surface area contributed by atoms with E-state index in [9.17, 15) is 14.3 Å². The van der Waals surface area contributed by atoms with Gasteiger partial charge in [-0.05, 0) is 64.0 Å². The van der Waals surface area contributed by atoms with Gasteiger partial charge in [0.25, 0.3) is 5.91 Å². The number of nitrogens with zero attached hydrogens (tertiary/aromatic N) is 2. The van der Waals surface area contributed by atoms with Crippen molar-refractivity contribution >= 4 is 61.6 Å². The normalized spacial score (nSPS) is 11.4. The Morgan fingerprint density at radius 2 is 1.88 bits per heavy atom. The van der Waals surface area contributed by atoms with Crippen molar-refractivity contribution in [2.45, 2.75) is 0 Å². The summed E-state index contributed by atoms with van der Waals surface area (Å²) >= 11 is 10.5. The van der Waals surface area contributed by atoms with E-state index in [0.29, 0.717) is 20.2 Å². The van der Waals surface area contributed by atoms with Crippen LogP contribution in [0.2, 0.25) is 0 Å². The molecule has 26 heavy (non-hydrogen) atoms. The molecule has 0 unspecified atom stereocenters. The summed E-state index contributed by atoms with van der Waals surface area (Å²) in [5.74, 6) is -0.731. The third-order valence-electron chi connectivity index (χ3n) is 3.19. The highest BCUT2D eigenvalue weighted by Gasteiger charge is 2.15. The van der Waals surface area contributed by atoms with Crippen LogP contribution in [0.15, 0.2) is 46.9 Å². The molecule has 0 radical (unpaired) electrons. The summed E-state index contributed by atoms with van der Waals surface area (Å²) in [5, 5.41) is 20.7. The topological polar surface area (TPSA) is 75.1 Å². The number of rotatable bonds is 4. The molecule has 3 rings (SSSR count). The van der Waals surface area contributed by atoms with E-state index < -0.39 is 5.91 Å². The van der Waals surface area contributed by atoms with Crippen molar-refractivity contribution in [2.75, 3.05) is 5.32 Å². The van der Waals surface area contributed by atoms with Crippen molar-refractivity contribution in [3.63, 3.8) is 0 Å². The maximum Gasteiger partial charge on any atom is 0.286 e. The molecule has 0 bridgehead atoms. The fraction of sp³-hybridized carbons (Fsp3) is 0. The maximum atomic E-state index is 12.9. The van der Waals surface area contributed by atoms with E-state index in [-0.39, 0.29) is 16.6 Å². The van der Waals surface area contributed by atoms with Gasteiger partial charge >= 0.3 is 0 Å². The molecule has 0 aliphatic carbocycles. The molecule has 2 aromatic carbocycles. The second-order valence-corrected chi connectivity index (χ2v) is 7.32. The first-order chi connectivity index (χ1) is 12.4. The Bertz CT molecular complexity index is 992. The van der Waals surface area contributed by atoms with Crippen LogP contribution in [0.1, 0.15) is 20.4 Å². The van der Waals surface area contributed by atoms with Crippen LogP contribution in [0.4, 0.5) is 10.1 Å². The van der Waals surface area contributed by atoms with Gasteiger partial charge in [-0.25, -0.2) is 4.39 Å². The third kappa shape index (κ3) is 4.46. The number of nitrogens with one attached hydrogen (secondary N) is 1. The van der Waals surface area contributed by atoms with Gasteiger partial charge in [0, 0.05) is 5.69 Å². The molecule has 0 aliphatic heterocycles. The fourth-order valence-electron chi connectivity index (χ4n) is 1.95. The Kier molecular flexibility index (Phi) is 5.65. The molecule has 0 spiro atoms. The SMILES string of the molecule is O=C(Nc1ccc(F)cc1)c1nnc(/C(Cl)=C\c2ccc(O)c(Br)c2)s1. The van der Waals surface area contributed by atoms with Crippen LogP contribution < -0.4 is 5.32 Å². The number of hydrogen-bond donors (Lipinski definition) is 2. The quantitative estimate of drug-likeness (QED) is 0.573. The monoisotopic (exact) mass is 453 g/mol. The highest BCUT2D eigenvalue weighted by Crippen LogP contribution is 2.29. The van der Waals surface area contributed by atoms with Gasteiger partial charge in [0.05, 0.1) is 9.51 Å². The van der Waals surface area contributed by atoms with Gasteiger partial charge in [0.2, 0.25) is 5.01 Å². The summed E-state index contributed by atoms with van der Waals surface area (Å²) in [4.78, 5) is 12.2. The second kappa shape index (κ2) is 7.94. The Hall–Kier alpha value is -2.29. The van der Waals surface area contributed by atoms with Crippen molar-refractivity contribution in [3.05, 3.63) is 68.3 Å². The number of carbonyl (C=O) groups is 1. The molecule has 2 N–H and O–H groups in total. The third-order valence-corrected chi connectivity index (χ3v) is 5.18. The van der Waals surface area contributed by atoms with Crippen LogP contribution in [-0.4, -0.2) is 21.2 Å². The molecule has 0 saturated heterocycles. The highest BCUT2D eigenvalue weighted by atomic mass is 79.9. The first-order valence-electron chi connectivity index (χ1n) is 7.19. The Balaban J connectivity index is 1.75. The lowest BCUT2D eigenvalue weighted by Crippen LogP contribution is -2.11. The number of amides is 1. The first kappa shape index (κ1) is 18.5. The van der Waals surface area contributed by atoms with E-state index in [1.165, 1.54) is 30.3 Å². The van der Waals surface area contributed by atoms with Crippen LogP contribution in [0, 0.1) is 5.82 Å².